The first-order valence-corrected chi connectivity index (χ1v) is 14.3. The normalized spacial score (nSPS) is 13.7. The van der Waals surface area contributed by atoms with E-state index in [1.54, 1.807) is 66.0 Å². The fourth-order valence-corrected chi connectivity index (χ4v) is 5.18. The number of nitrogens with zero attached hydrogens (tertiary/aromatic N) is 5. The van der Waals surface area contributed by atoms with Crippen molar-refractivity contribution >= 4 is 46.3 Å². The van der Waals surface area contributed by atoms with Crippen molar-refractivity contribution in [2.24, 2.45) is 7.05 Å². The van der Waals surface area contributed by atoms with E-state index in [-0.39, 0.29) is 22.7 Å². The highest BCUT2D eigenvalue weighted by Gasteiger charge is 2.26. The molecule has 2 heterocycles. The second-order valence-corrected chi connectivity index (χ2v) is 11.0. The Bertz CT molecular complexity index is 1550. The zero-order chi connectivity index (χ0) is 31.3. The highest BCUT2D eigenvalue weighted by Crippen LogP contribution is 2.26. The summed E-state index contributed by atoms with van der Waals surface area (Å²) in [5.74, 6) is -0.384. The molecule has 0 saturated carbocycles. The van der Waals surface area contributed by atoms with Gasteiger partial charge in [0, 0.05) is 63.4 Å². The van der Waals surface area contributed by atoms with Crippen LogP contribution in [0.1, 0.15) is 33.5 Å². The molecule has 43 heavy (non-hydrogen) atoms. The van der Waals surface area contributed by atoms with E-state index in [9.17, 15) is 14.4 Å². The number of hydrogen-bond donors (Lipinski definition) is 3. The number of amides is 3. The highest BCUT2D eigenvalue weighted by atomic mass is 35.5. The molecule has 3 amide bonds. The van der Waals surface area contributed by atoms with Crippen LogP contribution in [0.4, 0.5) is 5.69 Å². The number of hydrogen-bond acceptors (Lipinski definition) is 7. The van der Waals surface area contributed by atoms with Crippen LogP contribution in [0.3, 0.4) is 0 Å². The molecule has 1 fully saturated rings. The van der Waals surface area contributed by atoms with Gasteiger partial charge in [0.1, 0.15) is 0 Å². The van der Waals surface area contributed by atoms with Crippen molar-refractivity contribution in [2.45, 2.75) is 6.92 Å². The van der Waals surface area contributed by atoms with Gasteiger partial charge in [0.05, 0.1) is 29.0 Å². The summed E-state index contributed by atoms with van der Waals surface area (Å²) in [6.45, 7) is 3.86. The number of benzene rings is 2. The lowest BCUT2D eigenvalue weighted by molar-refractivity contribution is -0.133. The number of carbonyl (C=O) groups excluding carboxylic acids is 3. The molecule has 11 nitrogen and oxygen atoms in total. The van der Waals surface area contributed by atoms with Crippen LogP contribution in [0.5, 0.6) is 0 Å². The van der Waals surface area contributed by atoms with Gasteiger partial charge in [0.2, 0.25) is 5.91 Å². The molecule has 0 atom stereocenters. The van der Waals surface area contributed by atoms with Crippen molar-refractivity contribution in [2.75, 3.05) is 59.2 Å². The molecule has 2 aromatic carbocycles. The molecule has 1 saturated heterocycles. The van der Waals surface area contributed by atoms with Gasteiger partial charge in [-0.25, -0.2) is 4.98 Å². The summed E-state index contributed by atoms with van der Waals surface area (Å²) in [7, 11) is 7.26. The van der Waals surface area contributed by atoms with Crippen LogP contribution >= 0.6 is 11.6 Å². The molecule has 3 N–H and O–H groups in total. The lowest BCUT2D eigenvalue weighted by Crippen LogP contribution is -2.52. The molecule has 0 spiro atoms. The molecule has 0 radical (unpaired) electrons. The third-order valence-electron chi connectivity index (χ3n) is 7.20. The van der Waals surface area contributed by atoms with Crippen molar-refractivity contribution in [3.63, 3.8) is 0 Å². The Balaban J connectivity index is 1.41. The summed E-state index contributed by atoms with van der Waals surface area (Å²) in [6, 6.07) is 12.5. The smallest absolute Gasteiger partial charge is 0.291 e. The molecule has 1 aromatic heterocycles. The first-order valence-electron chi connectivity index (χ1n) is 13.9. The van der Waals surface area contributed by atoms with Gasteiger partial charge < -0.3 is 35.3 Å². The second-order valence-electron chi connectivity index (χ2n) is 10.6. The van der Waals surface area contributed by atoms with Gasteiger partial charge >= 0.3 is 0 Å². The number of aromatic nitrogens is 2. The van der Waals surface area contributed by atoms with Crippen LogP contribution in [0.2, 0.25) is 5.02 Å². The molecule has 3 aromatic rings. The molecule has 0 bridgehead atoms. The number of nitrogens with one attached hydrogen (secondary N) is 3. The minimum absolute atomic E-state index is 0.0401. The molecular weight excluding hydrogens is 568 g/mol. The summed E-state index contributed by atoms with van der Waals surface area (Å²) in [4.78, 5) is 48.2. The Labute approximate surface area is 256 Å². The Kier molecular flexibility index (Phi) is 9.99. The topological polar surface area (TPSA) is 127 Å². The summed E-state index contributed by atoms with van der Waals surface area (Å²) in [6.07, 6.45) is 3.43. The van der Waals surface area contributed by atoms with E-state index in [1.165, 1.54) is 0 Å². The SMILES string of the molecule is CN/C=C(\C(C)=N)c1ccc(-c2cnc(C(=O)Nc3ccc(C(=O)N4CCN(C(=O)CN(C)C)CC4)c(Cl)c3)n2C)cc1. The predicted octanol–water partition coefficient (Wildman–Crippen LogP) is 3.44. The third kappa shape index (κ3) is 7.30. The van der Waals surface area contributed by atoms with Crippen LogP contribution in [0.15, 0.2) is 54.9 Å². The molecule has 0 aliphatic carbocycles. The highest BCUT2D eigenvalue weighted by molar-refractivity contribution is 6.34. The molecule has 1 aliphatic heterocycles. The largest absolute Gasteiger partial charge is 0.393 e. The lowest BCUT2D eigenvalue weighted by atomic mass is 10.0. The number of piperazine rings is 1. The second kappa shape index (κ2) is 13.7. The quantitative estimate of drug-likeness (QED) is 0.321. The monoisotopic (exact) mass is 604 g/mol. The van der Waals surface area contributed by atoms with Gasteiger partial charge in [0.25, 0.3) is 11.8 Å². The van der Waals surface area contributed by atoms with Crippen LogP contribution in [0, 0.1) is 5.41 Å². The van der Waals surface area contributed by atoms with Crippen molar-refractivity contribution < 1.29 is 14.4 Å². The summed E-state index contributed by atoms with van der Waals surface area (Å²) in [5, 5.41) is 14.0. The fourth-order valence-electron chi connectivity index (χ4n) is 4.91. The average molecular weight is 605 g/mol. The maximum absolute atomic E-state index is 13.1. The number of carbonyl (C=O) groups is 3. The van der Waals surface area contributed by atoms with E-state index in [0.29, 0.717) is 49.7 Å². The maximum atomic E-state index is 13.1. The van der Waals surface area contributed by atoms with Gasteiger partial charge in [0.15, 0.2) is 5.82 Å². The van der Waals surface area contributed by atoms with Crippen molar-refractivity contribution in [3.8, 4) is 11.3 Å². The standard InChI is InChI=1S/C31H37ClN8O3/c1-20(33)25(17-34-2)21-6-8-22(9-7-21)27-18-35-29(38(27)5)30(42)36-23-10-11-24(26(32)16-23)31(43)40-14-12-39(13-15-40)28(41)19-37(3)4/h6-11,16-18,33-34H,12-15,19H2,1-5H3,(H,36,42)/b25-17+,33-20?. The minimum Gasteiger partial charge on any atom is -0.393 e. The maximum Gasteiger partial charge on any atom is 0.291 e. The Morgan fingerprint density at radius 3 is 2.28 bits per heavy atom. The molecule has 226 valence electrons. The first-order chi connectivity index (χ1) is 20.5. The van der Waals surface area contributed by atoms with E-state index >= 15 is 0 Å². The van der Waals surface area contributed by atoms with Crippen molar-refractivity contribution in [1.29, 1.82) is 5.41 Å². The van der Waals surface area contributed by atoms with Gasteiger partial charge in [-0.2, -0.15) is 0 Å². The number of likely N-dealkylation sites (N-methyl/N-ethyl adjacent to an activating group) is 1. The van der Waals surface area contributed by atoms with Crippen LogP contribution in [0.25, 0.3) is 16.8 Å². The average Bonchev–Trinajstić information content (AvgIpc) is 3.36. The number of allylic oxidation sites excluding steroid dienone is 1. The van der Waals surface area contributed by atoms with E-state index in [4.69, 9.17) is 17.0 Å². The summed E-state index contributed by atoms with van der Waals surface area (Å²) < 4.78 is 1.71. The van der Waals surface area contributed by atoms with Gasteiger partial charge in [-0.15, -0.1) is 0 Å². The van der Waals surface area contributed by atoms with Crippen molar-refractivity contribution in [3.05, 3.63) is 76.8 Å². The Hall–Kier alpha value is -4.48. The Morgan fingerprint density at radius 2 is 1.70 bits per heavy atom. The number of anilines is 1. The molecule has 4 rings (SSSR count). The van der Waals surface area contributed by atoms with E-state index < -0.39 is 5.91 Å². The molecular formula is C31H37ClN8O3. The van der Waals surface area contributed by atoms with Crippen LogP contribution in [-0.2, 0) is 11.8 Å². The predicted molar refractivity (Wildman–Crippen MR) is 170 cm³/mol. The molecule has 12 heteroatoms. The number of rotatable bonds is 9. The van der Waals surface area contributed by atoms with Crippen molar-refractivity contribution in [1.82, 2.24) is 29.6 Å². The Morgan fingerprint density at radius 1 is 1.05 bits per heavy atom. The number of halogens is 1. The minimum atomic E-state index is -0.419. The zero-order valence-corrected chi connectivity index (χ0v) is 25.8. The van der Waals surface area contributed by atoms with E-state index in [0.717, 1.165) is 22.4 Å². The van der Waals surface area contributed by atoms with Gasteiger partial charge in [-0.1, -0.05) is 35.9 Å². The van der Waals surface area contributed by atoms with Crippen LogP contribution < -0.4 is 10.6 Å². The van der Waals surface area contributed by atoms with Gasteiger partial charge in [-0.3, -0.25) is 14.4 Å². The number of imidazole rings is 1. The van der Waals surface area contributed by atoms with Gasteiger partial charge in [-0.05, 0) is 50.3 Å². The summed E-state index contributed by atoms with van der Waals surface area (Å²) >= 11 is 6.49. The molecule has 1 aliphatic rings. The third-order valence-corrected chi connectivity index (χ3v) is 7.52. The first kappa shape index (κ1) is 31.5. The molecule has 0 unspecified atom stereocenters. The lowest BCUT2D eigenvalue weighted by Gasteiger charge is -2.35. The zero-order valence-electron chi connectivity index (χ0n) is 25.1. The van der Waals surface area contributed by atoms with E-state index in [2.05, 4.69) is 15.6 Å². The van der Waals surface area contributed by atoms with Crippen LogP contribution in [-0.4, -0.2) is 102 Å². The summed E-state index contributed by atoms with van der Waals surface area (Å²) in [5.41, 5.74) is 4.54. The van der Waals surface area contributed by atoms with E-state index in [1.807, 2.05) is 43.3 Å². The fraction of sp³-hybridized carbons (Fsp3) is 0.323.